The Morgan fingerprint density at radius 2 is 1.70 bits per heavy atom. The molecule has 1 rings (SSSR count). The molecule has 33 heavy (non-hydrogen) atoms. The Morgan fingerprint density at radius 1 is 1.12 bits per heavy atom. The molecule has 0 spiro atoms. The molecule has 0 bridgehead atoms. The molecule has 1 aromatic carbocycles. The molecular weight excluding hydrogens is 460 g/mol. The van der Waals surface area contributed by atoms with Crippen molar-refractivity contribution in [2.45, 2.75) is 69.9 Å². The summed E-state index contributed by atoms with van der Waals surface area (Å²) in [7, 11) is -5.82. The van der Waals surface area contributed by atoms with Crippen LogP contribution in [0.1, 0.15) is 33.3 Å². The van der Waals surface area contributed by atoms with Crippen LogP contribution in [0.25, 0.3) is 0 Å². The molecule has 0 radical (unpaired) electrons. The summed E-state index contributed by atoms with van der Waals surface area (Å²) in [5.41, 5.74) is 0.952. The zero-order valence-electron chi connectivity index (χ0n) is 20.6. The highest BCUT2D eigenvalue weighted by molar-refractivity contribution is 7.91. The molecule has 0 unspecified atom stereocenters. The number of carbonyl (C=O) groups is 2. The van der Waals surface area contributed by atoms with E-state index in [1.807, 2.05) is 20.0 Å². The number of rotatable bonds is 11. The molecule has 0 aliphatic carbocycles. The van der Waals surface area contributed by atoms with Gasteiger partial charge in [0.15, 0.2) is 18.2 Å². The minimum atomic E-state index is -3.56. The van der Waals surface area contributed by atoms with Gasteiger partial charge in [0.2, 0.25) is 0 Å². The fourth-order valence-electron chi connectivity index (χ4n) is 2.44. The fraction of sp³-hybridized carbons (Fsp3) is 0.500. The van der Waals surface area contributed by atoms with Crippen molar-refractivity contribution in [3.8, 4) is 0 Å². The Labute approximate surface area is 198 Å². The van der Waals surface area contributed by atoms with Gasteiger partial charge in [-0.25, -0.2) is 18.0 Å². The SMILES string of the molecule is C=CC(=O)O[C@@H](C)[C@@H](/C=C/C(=O)OCCS(=O)(=O)c1ccc(C)cc1)O[Si](C)(C)C(C)(C)C. The molecular formula is C24H36O7SSi. The predicted molar refractivity (Wildman–Crippen MR) is 131 cm³/mol. The molecule has 1 aromatic rings. The van der Waals surface area contributed by atoms with Crippen LogP contribution in [0.5, 0.6) is 0 Å². The molecule has 0 aliphatic heterocycles. The van der Waals surface area contributed by atoms with E-state index in [4.69, 9.17) is 13.9 Å². The lowest BCUT2D eigenvalue weighted by molar-refractivity contribution is -0.145. The van der Waals surface area contributed by atoms with Crippen LogP contribution in [0.3, 0.4) is 0 Å². The van der Waals surface area contributed by atoms with Gasteiger partial charge in [-0.3, -0.25) is 0 Å². The Kier molecular flexibility index (Phi) is 10.3. The van der Waals surface area contributed by atoms with Crippen molar-refractivity contribution in [2.75, 3.05) is 12.4 Å². The van der Waals surface area contributed by atoms with Crippen molar-refractivity contribution in [1.82, 2.24) is 0 Å². The maximum Gasteiger partial charge on any atom is 0.330 e. The number of carbonyl (C=O) groups excluding carboxylic acids is 2. The Bertz CT molecular complexity index is 958. The number of aryl methyl sites for hydroxylation is 1. The molecule has 0 saturated carbocycles. The molecule has 0 amide bonds. The minimum absolute atomic E-state index is 0.105. The molecule has 2 atom stereocenters. The van der Waals surface area contributed by atoms with Crippen molar-refractivity contribution in [1.29, 1.82) is 0 Å². The standard InChI is InChI=1S/C24H36O7SSi/c1-9-22(25)30-19(3)21(31-33(7,8)24(4,5)6)14-15-23(26)29-16-17-32(27,28)20-12-10-18(2)11-13-20/h9-15,19,21H,1,16-17H2,2-8H3/b15-14+/t19-,21+/m0/s1. The first kappa shape index (κ1) is 28.8. The number of hydrogen-bond acceptors (Lipinski definition) is 7. The van der Waals surface area contributed by atoms with E-state index in [0.717, 1.165) is 11.6 Å². The first-order valence-electron chi connectivity index (χ1n) is 10.7. The Morgan fingerprint density at radius 3 is 2.21 bits per heavy atom. The monoisotopic (exact) mass is 496 g/mol. The van der Waals surface area contributed by atoms with Crippen molar-refractivity contribution >= 4 is 30.1 Å². The van der Waals surface area contributed by atoms with Crippen LogP contribution >= 0.6 is 0 Å². The van der Waals surface area contributed by atoms with Crippen LogP contribution in [-0.4, -0.2) is 53.2 Å². The van der Waals surface area contributed by atoms with E-state index in [-0.39, 0.29) is 22.3 Å². The second-order valence-electron chi connectivity index (χ2n) is 9.35. The molecule has 0 aromatic heterocycles. The summed E-state index contributed by atoms with van der Waals surface area (Å²) in [6.07, 6.45) is 2.37. The number of hydrogen-bond donors (Lipinski definition) is 0. The van der Waals surface area contributed by atoms with Gasteiger partial charge in [-0.05, 0) is 50.2 Å². The number of sulfone groups is 1. The summed E-state index contributed by atoms with van der Waals surface area (Å²) < 4.78 is 41.5. The van der Waals surface area contributed by atoms with Crippen molar-refractivity contribution < 1.29 is 31.9 Å². The summed E-state index contributed by atoms with van der Waals surface area (Å²) in [6, 6.07) is 6.48. The molecule has 0 heterocycles. The zero-order chi connectivity index (χ0) is 25.4. The summed E-state index contributed by atoms with van der Waals surface area (Å²) in [5.74, 6) is -1.63. The first-order chi connectivity index (χ1) is 15.1. The predicted octanol–water partition coefficient (Wildman–Crippen LogP) is 4.38. The van der Waals surface area contributed by atoms with Crippen LogP contribution in [0, 0.1) is 6.92 Å². The number of ether oxygens (including phenoxy) is 2. The normalized spacial score (nSPS) is 14.5. The fourth-order valence-corrected chi connectivity index (χ4v) is 4.84. The first-order valence-corrected chi connectivity index (χ1v) is 15.3. The van der Waals surface area contributed by atoms with Gasteiger partial charge in [0.1, 0.15) is 18.8 Å². The van der Waals surface area contributed by atoms with Crippen LogP contribution in [0.4, 0.5) is 0 Å². The van der Waals surface area contributed by atoms with E-state index in [1.54, 1.807) is 19.1 Å². The third-order valence-corrected chi connectivity index (χ3v) is 11.7. The van der Waals surface area contributed by atoms with Gasteiger partial charge in [-0.1, -0.05) is 45.0 Å². The van der Waals surface area contributed by atoms with Crippen LogP contribution in [0.2, 0.25) is 18.1 Å². The summed E-state index contributed by atoms with van der Waals surface area (Å²) in [5, 5.41) is -0.105. The summed E-state index contributed by atoms with van der Waals surface area (Å²) in [6.45, 7) is 17.0. The van der Waals surface area contributed by atoms with Gasteiger partial charge >= 0.3 is 11.9 Å². The second-order valence-corrected chi connectivity index (χ2v) is 16.2. The number of benzene rings is 1. The van der Waals surface area contributed by atoms with Gasteiger partial charge in [0.25, 0.3) is 0 Å². The quantitative estimate of drug-likeness (QED) is 0.255. The van der Waals surface area contributed by atoms with E-state index in [1.165, 1.54) is 24.3 Å². The summed E-state index contributed by atoms with van der Waals surface area (Å²) in [4.78, 5) is 24.0. The molecule has 0 saturated heterocycles. The lowest BCUT2D eigenvalue weighted by atomic mass is 10.2. The number of esters is 2. The largest absolute Gasteiger partial charge is 0.461 e. The maximum absolute atomic E-state index is 12.4. The lowest BCUT2D eigenvalue weighted by Gasteiger charge is -2.39. The molecule has 7 nitrogen and oxygen atoms in total. The maximum atomic E-state index is 12.4. The average Bonchev–Trinajstić information content (AvgIpc) is 2.70. The Balaban J connectivity index is 2.83. The molecule has 0 N–H and O–H groups in total. The van der Waals surface area contributed by atoms with Crippen molar-refractivity contribution in [3.05, 3.63) is 54.6 Å². The highest BCUT2D eigenvalue weighted by Gasteiger charge is 2.40. The van der Waals surface area contributed by atoms with Gasteiger partial charge in [-0.2, -0.15) is 0 Å². The van der Waals surface area contributed by atoms with E-state index < -0.39 is 42.3 Å². The van der Waals surface area contributed by atoms with Crippen LogP contribution < -0.4 is 0 Å². The van der Waals surface area contributed by atoms with Gasteiger partial charge in [0.05, 0.1) is 10.6 Å². The smallest absolute Gasteiger partial charge is 0.330 e. The van der Waals surface area contributed by atoms with Gasteiger partial charge in [0, 0.05) is 12.2 Å². The van der Waals surface area contributed by atoms with Gasteiger partial charge < -0.3 is 13.9 Å². The lowest BCUT2D eigenvalue weighted by Crippen LogP contribution is -2.46. The second kappa shape index (κ2) is 11.8. The zero-order valence-corrected chi connectivity index (χ0v) is 22.4. The molecule has 0 aliphatic rings. The van der Waals surface area contributed by atoms with E-state index in [2.05, 4.69) is 27.4 Å². The van der Waals surface area contributed by atoms with E-state index >= 15 is 0 Å². The van der Waals surface area contributed by atoms with E-state index in [0.29, 0.717) is 0 Å². The topological polar surface area (TPSA) is 96.0 Å². The van der Waals surface area contributed by atoms with Crippen LogP contribution in [0.15, 0.2) is 54.0 Å². The van der Waals surface area contributed by atoms with Crippen molar-refractivity contribution in [2.24, 2.45) is 0 Å². The van der Waals surface area contributed by atoms with Crippen LogP contribution in [-0.2, 0) is 33.3 Å². The molecule has 184 valence electrons. The third kappa shape index (κ3) is 9.27. The third-order valence-electron chi connectivity index (χ3n) is 5.57. The Hall–Kier alpha value is -2.23. The van der Waals surface area contributed by atoms with E-state index in [9.17, 15) is 18.0 Å². The molecule has 9 heteroatoms. The summed E-state index contributed by atoms with van der Waals surface area (Å²) >= 11 is 0. The van der Waals surface area contributed by atoms with Gasteiger partial charge in [-0.15, -0.1) is 0 Å². The highest BCUT2D eigenvalue weighted by Crippen LogP contribution is 2.38. The minimum Gasteiger partial charge on any atom is -0.461 e. The van der Waals surface area contributed by atoms with Crippen molar-refractivity contribution in [3.63, 3.8) is 0 Å². The highest BCUT2D eigenvalue weighted by atomic mass is 32.2. The molecule has 0 fully saturated rings. The average molecular weight is 497 g/mol.